The van der Waals surface area contributed by atoms with Crippen LogP contribution < -0.4 is 21.2 Å². The van der Waals surface area contributed by atoms with E-state index in [1.54, 1.807) is 24.3 Å². The van der Waals surface area contributed by atoms with Gasteiger partial charge in [-0.05, 0) is 67.5 Å². The Morgan fingerprint density at radius 1 is 0.930 bits per heavy atom. The molecule has 11 heteroatoms. The summed E-state index contributed by atoms with van der Waals surface area (Å²) >= 11 is 0. The molecule has 0 bridgehead atoms. The van der Waals surface area contributed by atoms with Crippen LogP contribution in [0, 0.1) is 11.8 Å². The lowest BCUT2D eigenvalue weighted by molar-refractivity contribution is -0.172. The maximum Gasteiger partial charge on any atom is 0.340 e. The molecule has 43 heavy (non-hydrogen) atoms. The molecule has 0 heterocycles. The van der Waals surface area contributed by atoms with Crippen LogP contribution in [0.2, 0.25) is 0 Å². The van der Waals surface area contributed by atoms with Crippen molar-refractivity contribution in [2.24, 2.45) is 11.8 Å². The van der Waals surface area contributed by atoms with Crippen molar-refractivity contribution in [1.82, 2.24) is 11.0 Å². The Morgan fingerprint density at radius 2 is 1.56 bits per heavy atom. The number of anilines is 2. The highest BCUT2D eigenvalue weighted by molar-refractivity contribution is 5.89. The summed E-state index contributed by atoms with van der Waals surface area (Å²) in [5.74, 6) is -0.548. The fraction of sp³-hybridized carbons (Fsp3) is 0.469. The molecule has 2 aromatic carbocycles. The van der Waals surface area contributed by atoms with Crippen molar-refractivity contribution in [2.75, 3.05) is 30.1 Å². The molecule has 0 spiro atoms. The standard InChI is InChI=1S/C32H46N4O7/c1-21(2)18-36(19-22(3)4)29-14-10-25(16-28(29)34-23(5)6)11-15-30(37)41-20-42-32(39)27-12-8-26(9-13-27)17-33-31(38)24(7)43-35-40/h8-10,12-14,16,21-22,24,34-35,40H,5,11,15,17-20H2,1-4,6-7H3,(H,33,38). The van der Waals surface area contributed by atoms with Gasteiger partial charge in [-0.25, -0.2) is 4.79 Å². The molecule has 0 fully saturated rings. The van der Waals surface area contributed by atoms with Gasteiger partial charge in [-0.3, -0.25) is 19.6 Å². The van der Waals surface area contributed by atoms with E-state index in [4.69, 9.17) is 14.7 Å². The maximum atomic E-state index is 12.4. The number of hydrogen-bond acceptors (Lipinski definition) is 10. The van der Waals surface area contributed by atoms with Gasteiger partial charge in [0.05, 0.1) is 16.9 Å². The van der Waals surface area contributed by atoms with Gasteiger partial charge in [0.2, 0.25) is 6.79 Å². The van der Waals surface area contributed by atoms with E-state index in [9.17, 15) is 14.4 Å². The van der Waals surface area contributed by atoms with Gasteiger partial charge in [0.1, 0.15) is 0 Å². The number of nitrogens with one attached hydrogen (secondary N) is 3. The van der Waals surface area contributed by atoms with Crippen LogP contribution in [0.1, 0.15) is 69.4 Å². The van der Waals surface area contributed by atoms with E-state index in [2.05, 4.69) is 60.7 Å². The van der Waals surface area contributed by atoms with Gasteiger partial charge in [-0.2, -0.15) is 0 Å². The average molecular weight is 599 g/mol. The number of ether oxygens (including phenoxy) is 2. The molecule has 0 aliphatic carbocycles. The summed E-state index contributed by atoms with van der Waals surface area (Å²) in [7, 11) is 0. The van der Waals surface area contributed by atoms with Gasteiger partial charge in [-0.1, -0.05) is 58.1 Å². The first-order valence-corrected chi connectivity index (χ1v) is 14.4. The number of aryl methyl sites for hydroxylation is 1. The van der Waals surface area contributed by atoms with Crippen LogP contribution in [0.4, 0.5) is 11.4 Å². The second-order valence-corrected chi connectivity index (χ2v) is 11.3. The van der Waals surface area contributed by atoms with Gasteiger partial charge in [-0.15, -0.1) is 0 Å². The summed E-state index contributed by atoms with van der Waals surface area (Å²) in [5.41, 5.74) is 6.33. The van der Waals surface area contributed by atoms with Crippen LogP contribution in [-0.2, 0) is 36.9 Å². The Hall–Kier alpha value is -3.93. The van der Waals surface area contributed by atoms with Crippen LogP contribution in [0.3, 0.4) is 0 Å². The number of benzene rings is 2. The number of carbonyl (C=O) groups excluding carboxylic acids is 3. The summed E-state index contributed by atoms with van der Waals surface area (Å²) in [6, 6.07) is 12.6. The van der Waals surface area contributed by atoms with E-state index < -0.39 is 30.7 Å². The predicted octanol–water partition coefficient (Wildman–Crippen LogP) is 4.96. The number of amides is 1. The zero-order chi connectivity index (χ0) is 31.9. The molecule has 0 radical (unpaired) electrons. The van der Waals surface area contributed by atoms with Gasteiger partial charge in [0.25, 0.3) is 5.91 Å². The largest absolute Gasteiger partial charge is 0.428 e. The molecule has 0 aromatic heterocycles. The molecule has 2 rings (SSSR count). The topological polar surface area (TPSA) is 138 Å². The fourth-order valence-corrected chi connectivity index (χ4v) is 4.27. The van der Waals surface area contributed by atoms with Crippen molar-refractivity contribution in [1.29, 1.82) is 0 Å². The van der Waals surface area contributed by atoms with Crippen LogP contribution in [0.5, 0.6) is 0 Å². The van der Waals surface area contributed by atoms with E-state index >= 15 is 0 Å². The minimum Gasteiger partial charge on any atom is -0.428 e. The highest BCUT2D eigenvalue weighted by atomic mass is 16.8. The van der Waals surface area contributed by atoms with E-state index in [0.717, 1.165) is 41.3 Å². The molecular formula is C32H46N4O7. The van der Waals surface area contributed by atoms with Gasteiger partial charge in [0, 0.05) is 31.8 Å². The first-order valence-electron chi connectivity index (χ1n) is 14.4. The smallest absolute Gasteiger partial charge is 0.340 e. The second kappa shape index (κ2) is 17.9. The highest BCUT2D eigenvalue weighted by Gasteiger charge is 2.17. The molecular weight excluding hydrogens is 552 g/mol. The van der Waals surface area contributed by atoms with Gasteiger partial charge >= 0.3 is 11.9 Å². The Balaban J connectivity index is 1.87. The molecule has 4 N–H and O–H groups in total. The molecule has 1 unspecified atom stereocenters. The molecule has 0 saturated heterocycles. The summed E-state index contributed by atoms with van der Waals surface area (Å²) < 4.78 is 10.2. The SMILES string of the molecule is C=C(C)Nc1cc(CCC(=O)OCOC(=O)c2ccc(CNC(=O)C(C)ONO)cc2)ccc1N(CC(C)C)CC(C)C. The third-order valence-corrected chi connectivity index (χ3v) is 6.20. The van der Waals surface area contributed by atoms with Gasteiger partial charge in [0.15, 0.2) is 6.10 Å². The van der Waals surface area contributed by atoms with Crippen LogP contribution in [-0.4, -0.2) is 49.0 Å². The van der Waals surface area contributed by atoms with Crippen LogP contribution in [0.15, 0.2) is 54.7 Å². The zero-order valence-electron chi connectivity index (χ0n) is 26.1. The number of esters is 2. The lowest BCUT2D eigenvalue weighted by Gasteiger charge is -2.31. The second-order valence-electron chi connectivity index (χ2n) is 11.3. The molecule has 236 valence electrons. The lowest BCUT2D eigenvalue weighted by Crippen LogP contribution is -2.36. The van der Waals surface area contributed by atoms with E-state index in [1.165, 1.54) is 12.6 Å². The maximum absolute atomic E-state index is 12.4. The van der Waals surface area contributed by atoms with Crippen molar-refractivity contribution in [2.45, 2.75) is 67.0 Å². The number of hydrogen-bond donors (Lipinski definition) is 4. The average Bonchev–Trinajstić information content (AvgIpc) is 2.94. The number of rotatable bonds is 18. The number of carbonyl (C=O) groups is 3. The summed E-state index contributed by atoms with van der Waals surface area (Å²) in [4.78, 5) is 43.5. The van der Waals surface area contributed by atoms with Crippen molar-refractivity contribution >= 4 is 29.2 Å². The number of allylic oxidation sites excluding steroid dienone is 1. The molecule has 1 atom stereocenters. The molecule has 0 aliphatic rings. The monoisotopic (exact) mass is 598 g/mol. The van der Waals surface area contributed by atoms with Crippen LogP contribution >= 0.6 is 0 Å². The van der Waals surface area contributed by atoms with Crippen molar-refractivity contribution in [3.05, 3.63) is 71.4 Å². The van der Waals surface area contributed by atoms with Gasteiger partial charge < -0.3 is 25.0 Å². The van der Waals surface area contributed by atoms with E-state index in [0.29, 0.717) is 18.3 Å². The Kier molecular flexibility index (Phi) is 14.7. The predicted molar refractivity (Wildman–Crippen MR) is 165 cm³/mol. The normalized spacial score (nSPS) is 11.7. The van der Waals surface area contributed by atoms with Crippen molar-refractivity contribution < 1.29 is 33.9 Å². The molecule has 11 nitrogen and oxygen atoms in total. The van der Waals surface area contributed by atoms with Crippen LogP contribution in [0.25, 0.3) is 0 Å². The zero-order valence-corrected chi connectivity index (χ0v) is 26.1. The Labute approximate surface area is 254 Å². The third-order valence-electron chi connectivity index (χ3n) is 6.20. The number of nitrogens with zero attached hydrogens (tertiary/aromatic N) is 1. The summed E-state index contributed by atoms with van der Waals surface area (Å²) in [6.07, 6.45) is -0.298. The summed E-state index contributed by atoms with van der Waals surface area (Å²) in [6.45, 7) is 17.8. The Bertz CT molecular complexity index is 1200. The molecule has 2 aromatic rings. The highest BCUT2D eigenvalue weighted by Crippen LogP contribution is 2.30. The fourth-order valence-electron chi connectivity index (χ4n) is 4.27. The van der Waals surface area contributed by atoms with Crippen molar-refractivity contribution in [3.63, 3.8) is 0 Å². The quantitative estimate of drug-likeness (QED) is 0.106. The lowest BCUT2D eigenvalue weighted by atomic mass is 10.0. The van der Waals surface area contributed by atoms with E-state index in [-0.39, 0.29) is 18.5 Å². The molecule has 0 saturated carbocycles. The minimum absolute atomic E-state index is 0.129. The van der Waals surface area contributed by atoms with Crippen molar-refractivity contribution in [3.8, 4) is 0 Å². The minimum atomic E-state index is -0.890. The van der Waals surface area contributed by atoms with E-state index in [1.807, 2.05) is 19.1 Å². The third kappa shape index (κ3) is 12.9. The summed E-state index contributed by atoms with van der Waals surface area (Å²) in [5, 5.41) is 14.5. The Morgan fingerprint density at radius 3 is 2.14 bits per heavy atom. The first-order chi connectivity index (χ1) is 20.4. The first kappa shape index (κ1) is 35.3. The molecule has 1 amide bonds. The molecule has 0 aliphatic heterocycles.